The molecular formula is C51H56N8O6. The number of carbonyl (C=O) groups is 4. The minimum Gasteiger partial charge on any atom is -0.453 e. The van der Waals surface area contributed by atoms with Crippen LogP contribution in [0.15, 0.2) is 85.2 Å². The van der Waals surface area contributed by atoms with Gasteiger partial charge in [0, 0.05) is 24.2 Å². The summed E-state index contributed by atoms with van der Waals surface area (Å²) in [5, 5.41) is 5.41. The smallest absolute Gasteiger partial charge is 0.407 e. The Morgan fingerprint density at radius 1 is 0.738 bits per heavy atom. The Labute approximate surface area is 380 Å². The molecule has 0 spiro atoms. The van der Waals surface area contributed by atoms with E-state index < -0.39 is 24.3 Å². The van der Waals surface area contributed by atoms with Gasteiger partial charge in [-0.15, -0.1) is 0 Å². The maximum Gasteiger partial charge on any atom is 0.407 e. The summed E-state index contributed by atoms with van der Waals surface area (Å²) >= 11 is 0. The molecule has 4 amide bonds. The second-order valence-corrected chi connectivity index (χ2v) is 17.7. The van der Waals surface area contributed by atoms with Gasteiger partial charge in [0.15, 0.2) is 0 Å². The van der Waals surface area contributed by atoms with Crippen LogP contribution in [0.25, 0.3) is 22.4 Å². The minimum absolute atomic E-state index is 0.0185. The van der Waals surface area contributed by atoms with E-state index in [9.17, 15) is 19.2 Å². The number of hydrogen-bond acceptors (Lipinski definition) is 8. The van der Waals surface area contributed by atoms with Gasteiger partial charge in [-0.25, -0.2) is 19.6 Å². The van der Waals surface area contributed by atoms with Crippen molar-refractivity contribution in [1.82, 2.24) is 40.4 Å². The highest BCUT2D eigenvalue weighted by atomic mass is 16.5. The lowest BCUT2D eigenvalue weighted by molar-refractivity contribution is -0.135. The molecule has 4 heterocycles. The predicted molar refractivity (Wildman–Crippen MR) is 247 cm³/mol. The Hall–Kier alpha value is -7.32. The lowest BCUT2D eigenvalue weighted by Crippen LogP contribution is -2.51. The summed E-state index contributed by atoms with van der Waals surface area (Å²) in [7, 11) is 2.55. The predicted octanol–water partition coefficient (Wildman–Crippen LogP) is 7.97. The Morgan fingerprint density at radius 2 is 1.34 bits per heavy atom. The van der Waals surface area contributed by atoms with Crippen LogP contribution in [0.4, 0.5) is 9.59 Å². The summed E-state index contributed by atoms with van der Waals surface area (Å²) in [6.45, 7) is 11.4. The van der Waals surface area contributed by atoms with E-state index >= 15 is 0 Å². The number of likely N-dealkylation sites (tertiary alicyclic amines) is 2. The molecular weight excluding hydrogens is 821 g/mol. The van der Waals surface area contributed by atoms with Crippen LogP contribution in [0.1, 0.15) is 112 Å². The number of H-pyrrole nitrogens is 2. The third-order valence-corrected chi connectivity index (χ3v) is 12.0. The van der Waals surface area contributed by atoms with Gasteiger partial charge in [0.05, 0.1) is 44.4 Å². The van der Waals surface area contributed by atoms with Gasteiger partial charge in [-0.05, 0) is 89.2 Å². The number of carbonyl (C=O) groups excluding carboxylic acids is 4. The van der Waals surface area contributed by atoms with Gasteiger partial charge in [0.1, 0.15) is 29.4 Å². The van der Waals surface area contributed by atoms with Crippen LogP contribution in [0, 0.1) is 29.6 Å². The fraction of sp³-hybridized carbons (Fsp3) is 0.373. The topological polar surface area (TPSA) is 175 Å². The zero-order chi connectivity index (χ0) is 46.3. The fourth-order valence-electron chi connectivity index (χ4n) is 8.41. The minimum atomic E-state index is -0.914. The molecule has 2 fully saturated rings. The van der Waals surface area contributed by atoms with Gasteiger partial charge >= 0.3 is 12.2 Å². The molecule has 7 rings (SSSR count). The molecule has 4 atom stereocenters. The Morgan fingerprint density at radius 3 is 1.98 bits per heavy atom. The standard InChI is InChI=1S/C51H56N8O6/c1-32(2)43(56-49(62)64-6)47(60)58-27-14-20-42(58)46-53-31-40(55-46)36-22-21-33(39(29-36)34-23-25-37(26-24-34)51(3,4)5)15-11-12-18-38-30-52-45(54-38)41-19-13-28-59(41)48(61)44(57-50(63)65-7)35-16-9-8-10-17-35/h8-10,16-17,21-26,29-32,41-44H,13-14,19-20,27-28H2,1-7H3,(H,52,54)(H,53,55)(H,56,62)(H,57,63)/t41-,42-,43-,44+/m0/s1. The average Bonchev–Trinajstić information content (AvgIpc) is 4.16. The SMILES string of the molecule is COC(=O)N[C@H](C(=O)N1CCC[C@H]1c1ncc(-c2ccc(C#CC#Cc3cnc([C@@H]4CCCN4C(=O)[C@H](NC(=O)OC)c4ccccc4)[nH]3)c(-c3ccc(C(C)(C)C)cc3)c2)[nH]1)C(C)C. The van der Waals surface area contributed by atoms with E-state index in [1.54, 1.807) is 34.3 Å². The van der Waals surface area contributed by atoms with Crippen molar-refractivity contribution in [3.05, 3.63) is 119 Å². The van der Waals surface area contributed by atoms with E-state index in [2.05, 4.69) is 100 Å². The second kappa shape index (κ2) is 20.0. The van der Waals surface area contributed by atoms with Gasteiger partial charge in [-0.2, -0.15) is 0 Å². The molecule has 2 aromatic heterocycles. The van der Waals surface area contributed by atoms with Gasteiger partial charge in [-0.3, -0.25) is 9.59 Å². The van der Waals surface area contributed by atoms with Gasteiger partial charge in [-0.1, -0.05) is 101 Å². The number of amides is 4. The first-order chi connectivity index (χ1) is 31.2. The second-order valence-electron chi connectivity index (χ2n) is 17.7. The number of alkyl carbamates (subject to hydrolysis) is 2. The number of methoxy groups -OCH3 is 2. The lowest BCUT2D eigenvalue weighted by Gasteiger charge is -2.30. The van der Waals surface area contributed by atoms with Crippen molar-refractivity contribution in [1.29, 1.82) is 0 Å². The van der Waals surface area contributed by atoms with Crippen molar-refractivity contribution in [2.75, 3.05) is 27.3 Å². The van der Waals surface area contributed by atoms with Crippen molar-refractivity contribution in [3.63, 3.8) is 0 Å². The molecule has 0 aliphatic carbocycles. The molecule has 2 aliphatic heterocycles. The van der Waals surface area contributed by atoms with Gasteiger partial charge in [0.25, 0.3) is 5.91 Å². The van der Waals surface area contributed by atoms with Crippen LogP contribution >= 0.6 is 0 Å². The number of aromatic amines is 2. The zero-order valence-electron chi connectivity index (χ0n) is 38.0. The van der Waals surface area contributed by atoms with Gasteiger partial charge in [0.2, 0.25) is 5.91 Å². The highest BCUT2D eigenvalue weighted by molar-refractivity contribution is 5.88. The van der Waals surface area contributed by atoms with Crippen molar-refractivity contribution in [2.24, 2.45) is 5.92 Å². The van der Waals surface area contributed by atoms with Crippen molar-refractivity contribution in [2.45, 2.75) is 89.9 Å². The number of benzene rings is 3. The van der Waals surface area contributed by atoms with E-state index in [1.165, 1.54) is 19.8 Å². The van der Waals surface area contributed by atoms with Crippen LogP contribution in [-0.4, -0.2) is 87.1 Å². The molecule has 65 heavy (non-hydrogen) atoms. The van der Waals surface area contributed by atoms with Crippen molar-refractivity contribution in [3.8, 4) is 46.1 Å². The first-order valence-electron chi connectivity index (χ1n) is 22.0. The normalized spacial score (nSPS) is 16.7. The third-order valence-electron chi connectivity index (χ3n) is 12.0. The molecule has 0 bridgehead atoms. The molecule has 2 aliphatic rings. The van der Waals surface area contributed by atoms with Crippen LogP contribution in [0.5, 0.6) is 0 Å². The number of nitrogens with zero attached hydrogens (tertiary/aromatic N) is 4. The molecule has 336 valence electrons. The maximum absolute atomic E-state index is 13.9. The summed E-state index contributed by atoms with van der Waals surface area (Å²) in [5.41, 5.74) is 6.81. The largest absolute Gasteiger partial charge is 0.453 e. The number of nitrogens with one attached hydrogen (secondary N) is 4. The molecule has 2 saturated heterocycles. The van der Waals surface area contributed by atoms with Gasteiger partial charge < -0.3 is 39.9 Å². The quantitative estimate of drug-likeness (QED) is 0.102. The highest BCUT2D eigenvalue weighted by Gasteiger charge is 2.39. The Balaban J connectivity index is 1.12. The highest BCUT2D eigenvalue weighted by Crippen LogP contribution is 2.36. The van der Waals surface area contributed by atoms with Crippen LogP contribution in [0.3, 0.4) is 0 Å². The number of ether oxygens (including phenoxy) is 2. The monoisotopic (exact) mass is 876 g/mol. The summed E-state index contributed by atoms with van der Waals surface area (Å²) < 4.78 is 9.63. The molecule has 0 saturated carbocycles. The molecule has 14 heteroatoms. The summed E-state index contributed by atoms with van der Waals surface area (Å²) in [6.07, 6.45) is 5.14. The summed E-state index contributed by atoms with van der Waals surface area (Å²) in [6, 6.07) is 21.4. The molecule has 14 nitrogen and oxygen atoms in total. The third kappa shape index (κ3) is 10.6. The molecule has 4 N–H and O–H groups in total. The van der Waals surface area contributed by atoms with Crippen LogP contribution in [-0.2, 0) is 24.5 Å². The number of imidazole rings is 2. The summed E-state index contributed by atoms with van der Waals surface area (Å²) in [5.74, 6) is 13.1. The van der Waals surface area contributed by atoms with Crippen LogP contribution < -0.4 is 10.6 Å². The van der Waals surface area contributed by atoms with Crippen molar-refractivity contribution >= 4 is 24.0 Å². The zero-order valence-corrected chi connectivity index (χ0v) is 38.0. The van der Waals surface area contributed by atoms with E-state index in [-0.39, 0.29) is 35.2 Å². The number of hydrogen-bond donors (Lipinski definition) is 4. The first-order valence-corrected chi connectivity index (χ1v) is 22.0. The van der Waals surface area contributed by atoms with Crippen molar-refractivity contribution < 1.29 is 28.7 Å². The average molecular weight is 877 g/mol. The van der Waals surface area contributed by atoms with Crippen LogP contribution in [0.2, 0.25) is 0 Å². The maximum atomic E-state index is 13.9. The molecule has 0 unspecified atom stereocenters. The Kier molecular flexibility index (Phi) is 14.1. The summed E-state index contributed by atoms with van der Waals surface area (Å²) in [4.78, 5) is 71.7. The molecule has 0 radical (unpaired) electrons. The van der Waals surface area contributed by atoms with E-state index in [0.717, 1.165) is 47.2 Å². The van der Waals surface area contributed by atoms with E-state index in [4.69, 9.17) is 14.5 Å². The van der Waals surface area contributed by atoms with E-state index in [1.807, 2.05) is 44.2 Å². The first kappa shape index (κ1) is 45.7. The molecule has 5 aromatic rings. The lowest BCUT2D eigenvalue weighted by atomic mass is 9.86. The number of aromatic nitrogens is 4. The number of rotatable bonds is 10. The molecule has 3 aromatic carbocycles. The Bertz CT molecular complexity index is 2640. The fourth-order valence-corrected chi connectivity index (χ4v) is 8.41. The van der Waals surface area contributed by atoms with E-state index in [0.29, 0.717) is 42.4 Å².